The summed E-state index contributed by atoms with van der Waals surface area (Å²) in [7, 11) is 0. The monoisotopic (exact) mass is 169 g/mol. The molecule has 3 heteroatoms. The molecule has 3 N–H and O–H groups in total. The summed E-state index contributed by atoms with van der Waals surface area (Å²) in [6, 6.07) is -0.615. The summed E-state index contributed by atoms with van der Waals surface area (Å²) in [5, 5.41) is 8.65. The molecule has 0 aromatic carbocycles. The van der Waals surface area contributed by atoms with Crippen LogP contribution in [0, 0.1) is 11.3 Å². The Labute approximate surface area is 71.9 Å². The van der Waals surface area contributed by atoms with Crippen molar-refractivity contribution < 1.29 is 9.90 Å². The lowest BCUT2D eigenvalue weighted by molar-refractivity contribution is -0.144. The smallest absolute Gasteiger partial charge is 0.320 e. The van der Waals surface area contributed by atoms with Gasteiger partial charge in [-0.1, -0.05) is 6.42 Å². The number of hydrogen-bond acceptors (Lipinski definition) is 2. The van der Waals surface area contributed by atoms with Crippen LogP contribution in [0.1, 0.15) is 32.1 Å². The fraction of sp³-hybridized carbons (Fsp3) is 0.889. The van der Waals surface area contributed by atoms with Crippen LogP contribution in [0.5, 0.6) is 0 Å². The fourth-order valence-corrected chi connectivity index (χ4v) is 2.59. The number of rotatable bonds is 2. The molecule has 0 aromatic rings. The number of carboxylic acid groups (broad SMARTS) is 1. The van der Waals surface area contributed by atoms with Gasteiger partial charge in [0.25, 0.3) is 0 Å². The van der Waals surface area contributed by atoms with Crippen LogP contribution in [0.4, 0.5) is 0 Å². The van der Waals surface area contributed by atoms with Crippen molar-refractivity contribution in [3.8, 4) is 0 Å². The van der Waals surface area contributed by atoms with Gasteiger partial charge >= 0.3 is 5.97 Å². The summed E-state index contributed by atoms with van der Waals surface area (Å²) in [4.78, 5) is 10.5. The Kier molecular flexibility index (Phi) is 1.65. The van der Waals surface area contributed by atoms with Crippen LogP contribution >= 0.6 is 0 Å². The van der Waals surface area contributed by atoms with E-state index in [1.54, 1.807) is 0 Å². The van der Waals surface area contributed by atoms with Crippen LogP contribution in [0.2, 0.25) is 0 Å². The third-order valence-corrected chi connectivity index (χ3v) is 3.60. The largest absolute Gasteiger partial charge is 0.480 e. The van der Waals surface area contributed by atoms with Crippen LogP contribution in [-0.2, 0) is 4.79 Å². The Morgan fingerprint density at radius 1 is 1.50 bits per heavy atom. The third kappa shape index (κ3) is 1.04. The predicted octanol–water partition coefficient (Wildman–Crippen LogP) is 0.979. The minimum absolute atomic E-state index is 0.253. The average molecular weight is 169 g/mol. The molecule has 0 unspecified atom stereocenters. The highest BCUT2D eigenvalue weighted by atomic mass is 16.4. The van der Waals surface area contributed by atoms with E-state index in [0.717, 1.165) is 12.8 Å². The molecule has 2 aliphatic rings. The van der Waals surface area contributed by atoms with Gasteiger partial charge in [-0.15, -0.1) is 0 Å². The molecule has 68 valence electrons. The SMILES string of the molecule is N[C@@H](C(=O)O)C1CC2(CCC2)C1. The normalized spacial score (nSPS) is 29.1. The first kappa shape index (κ1) is 8.05. The van der Waals surface area contributed by atoms with Crippen molar-refractivity contribution in [2.24, 2.45) is 17.1 Å². The van der Waals surface area contributed by atoms with E-state index in [-0.39, 0.29) is 5.92 Å². The summed E-state index contributed by atoms with van der Waals surface area (Å²) in [5.41, 5.74) is 6.06. The van der Waals surface area contributed by atoms with Crippen molar-refractivity contribution in [3.63, 3.8) is 0 Å². The first-order valence-electron chi connectivity index (χ1n) is 4.61. The van der Waals surface area contributed by atoms with Crippen molar-refractivity contribution in [2.45, 2.75) is 38.1 Å². The molecule has 12 heavy (non-hydrogen) atoms. The lowest BCUT2D eigenvalue weighted by atomic mass is 9.50. The second-order valence-electron chi connectivity index (χ2n) is 4.39. The van der Waals surface area contributed by atoms with Gasteiger partial charge in [0.1, 0.15) is 6.04 Å². The maximum atomic E-state index is 10.5. The zero-order valence-electron chi connectivity index (χ0n) is 7.12. The molecule has 0 heterocycles. The van der Waals surface area contributed by atoms with Gasteiger partial charge < -0.3 is 10.8 Å². The van der Waals surface area contributed by atoms with Gasteiger partial charge in [-0.25, -0.2) is 0 Å². The van der Waals surface area contributed by atoms with Gasteiger partial charge in [-0.05, 0) is 37.0 Å². The van der Waals surface area contributed by atoms with E-state index in [9.17, 15) is 4.79 Å². The molecule has 0 bridgehead atoms. The van der Waals surface area contributed by atoms with E-state index >= 15 is 0 Å². The van der Waals surface area contributed by atoms with Crippen molar-refractivity contribution >= 4 is 5.97 Å². The van der Waals surface area contributed by atoms with Crippen LogP contribution in [0.25, 0.3) is 0 Å². The van der Waals surface area contributed by atoms with Gasteiger partial charge in [0.15, 0.2) is 0 Å². The minimum Gasteiger partial charge on any atom is -0.480 e. The Morgan fingerprint density at radius 3 is 2.42 bits per heavy atom. The van der Waals surface area contributed by atoms with Crippen molar-refractivity contribution in [3.05, 3.63) is 0 Å². The van der Waals surface area contributed by atoms with E-state index < -0.39 is 12.0 Å². The highest BCUT2D eigenvalue weighted by molar-refractivity contribution is 5.73. The Morgan fingerprint density at radius 2 is 2.08 bits per heavy atom. The molecule has 0 aliphatic heterocycles. The lowest BCUT2D eigenvalue weighted by Crippen LogP contribution is -2.52. The van der Waals surface area contributed by atoms with Gasteiger partial charge in [-0.3, -0.25) is 4.79 Å². The maximum Gasteiger partial charge on any atom is 0.320 e. The number of nitrogens with two attached hydrogens (primary N) is 1. The van der Waals surface area contributed by atoms with E-state index in [4.69, 9.17) is 10.8 Å². The highest BCUT2D eigenvalue weighted by Crippen LogP contribution is 2.59. The molecule has 2 rings (SSSR count). The van der Waals surface area contributed by atoms with Gasteiger partial charge in [0.2, 0.25) is 0 Å². The Hall–Kier alpha value is -0.570. The van der Waals surface area contributed by atoms with E-state index in [0.29, 0.717) is 5.41 Å². The molecule has 1 atom stereocenters. The van der Waals surface area contributed by atoms with E-state index in [1.807, 2.05) is 0 Å². The molecule has 0 amide bonds. The molecule has 0 aromatic heterocycles. The summed E-state index contributed by atoms with van der Waals surface area (Å²) >= 11 is 0. The standard InChI is InChI=1S/C9H15NO2/c10-7(8(11)12)6-4-9(5-6)2-1-3-9/h6-7H,1-5,10H2,(H,11,12)/t7-/m1/s1. The average Bonchev–Trinajstić information content (AvgIpc) is 1.80. The molecule has 0 radical (unpaired) electrons. The van der Waals surface area contributed by atoms with Gasteiger partial charge in [-0.2, -0.15) is 0 Å². The first-order valence-corrected chi connectivity index (χ1v) is 4.61. The maximum absolute atomic E-state index is 10.5. The number of carboxylic acids is 1. The van der Waals surface area contributed by atoms with E-state index in [1.165, 1.54) is 19.3 Å². The topological polar surface area (TPSA) is 63.3 Å². The number of aliphatic carboxylic acids is 1. The molecular formula is C9H15NO2. The second kappa shape index (κ2) is 2.46. The first-order chi connectivity index (χ1) is 5.63. The quantitative estimate of drug-likeness (QED) is 0.647. The Bertz CT molecular complexity index is 203. The van der Waals surface area contributed by atoms with Crippen molar-refractivity contribution in [1.29, 1.82) is 0 Å². The summed E-state index contributed by atoms with van der Waals surface area (Å²) < 4.78 is 0. The molecule has 3 nitrogen and oxygen atoms in total. The summed E-state index contributed by atoms with van der Waals surface area (Å²) in [5.74, 6) is -0.586. The molecular weight excluding hydrogens is 154 g/mol. The second-order valence-corrected chi connectivity index (χ2v) is 4.39. The van der Waals surface area contributed by atoms with Crippen LogP contribution in [0.3, 0.4) is 0 Å². The fourth-order valence-electron chi connectivity index (χ4n) is 2.59. The van der Waals surface area contributed by atoms with Crippen LogP contribution in [-0.4, -0.2) is 17.1 Å². The van der Waals surface area contributed by atoms with Crippen LogP contribution in [0.15, 0.2) is 0 Å². The number of hydrogen-bond donors (Lipinski definition) is 2. The third-order valence-electron chi connectivity index (χ3n) is 3.60. The van der Waals surface area contributed by atoms with Gasteiger partial charge in [0, 0.05) is 0 Å². The molecule has 1 spiro atoms. The highest BCUT2D eigenvalue weighted by Gasteiger charge is 2.50. The number of carbonyl (C=O) groups is 1. The zero-order valence-corrected chi connectivity index (χ0v) is 7.12. The van der Waals surface area contributed by atoms with Crippen LogP contribution < -0.4 is 5.73 Å². The molecule has 2 fully saturated rings. The predicted molar refractivity (Wildman–Crippen MR) is 44.6 cm³/mol. The summed E-state index contributed by atoms with van der Waals surface area (Å²) in [6.45, 7) is 0. The van der Waals surface area contributed by atoms with Gasteiger partial charge in [0.05, 0.1) is 0 Å². The molecule has 2 aliphatic carbocycles. The Balaban J connectivity index is 1.84. The lowest BCUT2D eigenvalue weighted by Gasteiger charge is -2.55. The molecule has 0 saturated heterocycles. The minimum atomic E-state index is -0.839. The zero-order chi connectivity index (χ0) is 8.77. The van der Waals surface area contributed by atoms with E-state index in [2.05, 4.69) is 0 Å². The summed E-state index contributed by atoms with van der Waals surface area (Å²) in [6.07, 6.45) is 6.04. The van der Waals surface area contributed by atoms with Crippen molar-refractivity contribution in [1.82, 2.24) is 0 Å². The van der Waals surface area contributed by atoms with Crippen molar-refractivity contribution in [2.75, 3.05) is 0 Å². The molecule has 2 saturated carbocycles.